The van der Waals surface area contributed by atoms with Crippen LogP contribution in [0, 0.1) is 0 Å². The lowest BCUT2D eigenvalue weighted by Gasteiger charge is -2.37. The van der Waals surface area contributed by atoms with Gasteiger partial charge in [-0.05, 0) is 31.5 Å². The number of sulfone groups is 1. The summed E-state index contributed by atoms with van der Waals surface area (Å²) in [5.41, 5.74) is 2.44. The topological polar surface area (TPSA) is 40.6 Å². The highest BCUT2D eigenvalue weighted by atomic mass is 32.2. The van der Waals surface area contributed by atoms with Crippen LogP contribution < -0.4 is 4.90 Å². The molecule has 1 aliphatic rings. The molecule has 0 N–H and O–H groups in total. The average Bonchev–Trinajstić information content (AvgIpc) is 2.46. The molecule has 124 valence electrons. The van der Waals surface area contributed by atoms with E-state index in [1.807, 2.05) is 26.2 Å². The Labute approximate surface area is 135 Å². The zero-order valence-electron chi connectivity index (χ0n) is 14.1. The molecule has 0 spiro atoms. The summed E-state index contributed by atoms with van der Waals surface area (Å²) in [7, 11) is 3.15. The van der Waals surface area contributed by atoms with Crippen LogP contribution >= 0.6 is 0 Å². The zero-order chi connectivity index (χ0) is 16.3. The first-order chi connectivity index (χ1) is 10.3. The summed E-state index contributed by atoms with van der Waals surface area (Å²) >= 11 is 0. The van der Waals surface area contributed by atoms with E-state index in [4.69, 9.17) is 0 Å². The van der Waals surface area contributed by atoms with E-state index in [9.17, 15) is 8.42 Å². The second kappa shape index (κ2) is 7.01. The molecule has 0 radical (unpaired) electrons. The number of benzene rings is 1. The Bertz CT molecular complexity index is 598. The summed E-state index contributed by atoms with van der Waals surface area (Å²) in [5, 5.41) is -0.224. The van der Waals surface area contributed by atoms with Crippen molar-refractivity contribution in [3.8, 4) is 0 Å². The van der Waals surface area contributed by atoms with Gasteiger partial charge < -0.3 is 4.90 Å². The molecule has 0 aromatic heterocycles. The minimum atomic E-state index is -2.99. The molecular weight excluding hydrogens is 296 g/mol. The molecule has 5 heteroatoms. The van der Waals surface area contributed by atoms with Crippen molar-refractivity contribution in [3.63, 3.8) is 0 Å². The van der Waals surface area contributed by atoms with Gasteiger partial charge in [-0.2, -0.15) is 0 Å². The van der Waals surface area contributed by atoms with Crippen LogP contribution in [0.2, 0.25) is 0 Å². The van der Waals surface area contributed by atoms with Crippen molar-refractivity contribution in [2.24, 2.45) is 0 Å². The summed E-state index contributed by atoms with van der Waals surface area (Å²) in [4.78, 5) is 4.34. The van der Waals surface area contributed by atoms with Gasteiger partial charge in [0.2, 0.25) is 0 Å². The van der Waals surface area contributed by atoms with E-state index in [-0.39, 0.29) is 11.3 Å². The SMILES string of the molecule is CN(C)c1ccccc1CN(C)C1CCCCC1S(C)(=O)=O. The first-order valence-corrected chi connectivity index (χ1v) is 9.90. The molecule has 0 heterocycles. The maximum absolute atomic E-state index is 12.1. The van der Waals surface area contributed by atoms with Crippen molar-refractivity contribution in [1.82, 2.24) is 4.90 Å². The van der Waals surface area contributed by atoms with E-state index >= 15 is 0 Å². The molecular formula is C17H28N2O2S. The van der Waals surface area contributed by atoms with Gasteiger partial charge in [-0.3, -0.25) is 4.90 Å². The molecule has 4 nitrogen and oxygen atoms in total. The van der Waals surface area contributed by atoms with Crippen LogP contribution in [0.15, 0.2) is 24.3 Å². The van der Waals surface area contributed by atoms with E-state index in [1.54, 1.807) is 0 Å². The van der Waals surface area contributed by atoms with Crippen LogP contribution in [0.25, 0.3) is 0 Å². The van der Waals surface area contributed by atoms with E-state index in [0.29, 0.717) is 0 Å². The van der Waals surface area contributed by atoms with Gasteiger partial charge in [0, 0.05) is 38.6 Å². The van der Waals surface area contributed by atoms with E-state index < -0.39 is 9.84 Å². The number of hydrogen-bond acceptors (Lipinski definition) is 4. The predicted octanol–water partition coefficient (Wildman–Crippen LogP) is 2.54. The second-order valence-electron chi connectivity index (χ2n) is 6.66. The lowest BCUT2D eigenvalue weighted by atomic mass is 9.93. The average molecular weight is 324 g/mol. The first-order valence-electron chi connectivity index (χ1n) is 7.95. The van der Waals surface area contributed by atoms with Gasteiger partial charge in [-0.25, -0.2) is 8.42 Å². The summed E-state index contributed by atoms with van der Waals surface area (Å²) in [6.07, 6.45) is 5.30. The van der Waals surface area contributed by atoms with Crippen molar-refractivity contribution in [1.29, 1.82) is 0 Å². The summed E-state index contributed by atoms with van der Waals surface area (Å²) in [6.45, 7) is 0.783. The quantitative estimate of drug-likeness (QED) is 0.834. The minimum Gasteiger partial charge on any atom is -0.377 e. The molecule has 1 aliphatic carbocycles. The molecule has 1 saturated carbocycles. The molecule has 0 amide bonds. The number of anilines is 1. The maximum Gasteiger partial charge on any atom is 0.151 e. The third-order valence-electron chi connectivity index (χ3n) is 4.68. The van der Waals surface area contributed by atoms with Gasteiger partial charge in [0.05, 0.1) is 5.25 Å². The number of para-hydroxylation sites is 1. The Kier molecular flexibility index (Phi) is 5.50. The Hall–Kier alpha value is -1.07. The number of nitrogens with zero attached hydrogens (tertiary/aromatic N) is 2. The van der Waals surface area contributed by atoms with Crippen molar-refractivity contribution < 1.29 is 8.42 Å². The van der Waals surface area contributed by atoms with Crippen molar-refractivity contribution in [3.05, 3.63) is 29.8 Å². The van der Waals surface area contributed by atoms with Crippen molar-refractivity contribution in [2.45, 2.75) is 43.5 Å². The Morgan fingerprint density at radius 2 is 1.73 bits per heavy atom. The molecule has 2 unspecified atom stereocenters. The van der Waals surface area contributed by atoms with Gasteiger partial charge in [-0.15, -0.1) is 0 Å². The molecule has 1 aromatic carbocycles. The largest absolute Gasteiger partial charge is 0.377 e. The molecule has 1 aromatic rings. The zero-order valence-corrected chi connectivity index (χ0v) is 14.9. The van der Waals surface area contributed by atoms with Gasteiger partial charge >= 0.3 is 0 Å². The monoisotopic (exact) mass is 324 g/mol. The Morgan fingerprint density at radius 3 is 2.36 bits per heavy atom. The van der Waals surface area contributed by atoms with E-state index in [0.717, 1.165) is 32.2 Å². The summed E-state index contributed by atoms with van der Waals surface area (Å²) < 4.78 is 24.2. The highest BCUT2D eigenvalue weighted by Gasteiger charge is 2.35. The highest BCUT2D eigenvalue weighted by Crippen LogP contribution is 2.29. The normalized spacial score (nSPS) is 22.8. The molecule has 22 heavy (non-hydrogen) atoms. The molecule has 0 saturated heterocycles. The van der Waals surface area contributed by atoms with Gasteiger partial charge in [0.1, 0.15) is 0 Å². The predicted molar refractivity (Wildman–Crippen MR) is 93.1 cm³/mol. The van der Waals surface area contributed by atoms with Crippen molar-refractivity contribution in [2.75, 3.05) is 32.3 Å². The Balaban J connectivity index is 2.19. The van der Waals surface area contributed by atoms with Crippen LogP contribution in [-0.2, 0) is 16.4 Å². The second-order valence-corrected chi connectivity index (χ2v) is 8.92. The highest BCUT2D eigenvalue weighted by molar-refractivity contribution is 7.91. The maximum atomic E-state index is 12.1. The first kappa shape index (κ1) is 17.3. The number of rotatable bonds is 5. The summed E-state index contributed by atoms with van der Waals surface area (Å²) in [5.74, 6) is 0. The van der Waals surface area contributed by atoms with E-state index in [2.05, 4.69) is 29.0 Å². The van der Waals surface area contributed by atoms with Crippen LogP contribution in [0.3, 0.4) is 0 Å². The van der Waals surface area contributed by atoms with Crippen LogP contribution in [0.5, 0.6) is 0 Å². The summed E-state index contributed by atoms with van der Waals surface area (Å²) in [6, 6.07) is 8.45. The van der Waals surface area contributed by atoms with Crippen LogP contribution in [-0.4, -0.2) is 52.0 Å². The van der Waals surface area contributed by atoms with E-state index in [1.165, 1.54) is 17.5 Å². The molecule has 0 aliphatic heterocycles. The molecule has 1 fully saturated rings. The third-order valence-corrected chi connectivity index (χ3v) is 6.33. The van der Waals surface area contributed by atoms with Crippen LogP contribution in [0.1, 0.15) is 31.2 Å². The van der Waals surface area contributed by atoms with Crippen LogP contribution in [0.4, 0.5) is 5.69 Å². The van der Waals surface area contributed by atoms with Crippen molar-refractivity contribution >= 4 is 15.5 Å². The number of hydrogen-bond donors (Lipinski definition) is 0. The smallest absolute Gasteiger partial charge is 0.151 e. The standard InChI is InChI=1S/C17H28N2O2S/c1-18(2)15-10-6-5-9-14(15)13-19(3)16-11-7-8-12-17(16)22(4,20)21/h5-6,9-10,16-17H,7-8,11-13H2,1-4H3. The fourth-order valence-electron chi connectivity index (χ4n) is 3.55. The third kappa shape index (κ3) is 4.02. The Morgan fingerprint density at radius 1 is 1.09 bits per heavy atom. The van der Waals surface area contributed by atoms with Gasteiger partial charge in [-0.1, -0.05) is 31.0 Å². The minimum absolute atomic E-state index is 0.124. The van der Waals surface area contributed by atoms with Gasteiger partial charge in [0.25, 0.3) is 0 Å². The molecule has 0 bridgehead atoms. The lowest BCUT2D eigenvalue weighted by molar-refractivity contribution is 0.187. The fraction of sp³-hybridized carbons (Fsp3) is 0.647. The lowest BCUT2D eigenvalue weighted by Crippen LogP contribution is -2.46. The van der Waals surface area contributed by atoms with Gasteiger partial charge in [0.15, 0.2) is 9.84 Å². The fourth-order valence-corrected chi connectivity index (χ4v) is 5.06. The molecule has 2 atom stereocenters. The molecule has 2 rings (SSSR count).